The molecule has 1 heterocycles. The molecule has 0 radical (unpaired) electrons. The number of anilines is 3. The van der Waals surface area contributed by atoms with Crippen molar-refractivity contribution in [1.82, 2.24) is 0 Å². The van der Waals surface area contributed by atoms with Gasteiger partial charge in [-0.3, -0.25) is 15.1 Å². The second-order valence-electron chi connectivity index (χ2n) is 5.10. The second kappa shape index (κ2) is 5.78. The molecular formula is C17H15ClN4O. The van der Waals surface area contributed by atoms with Crippen molar-refractivity contribution in [2.24, 2.45) is 5.73 Å². The molecule has 0 unspecified atom stereocenters. The molecule has 1 aliphatic rings. The fourth-order valence-corrected chi connectivity index (χ4v) is 2.74. The van der Waals surface area contributed by atoms with Crippen molar-refractivity contribution in [2.45, 2.75) is 0 Å². The molecule has 0 saturated carbocycles. The fraction of sp³-hybridized carbons (Fsp3) is 0.0588. The Labute approximate surface area is 139 Å². The van der Waals surface area contributed by atoms with E-state index in [4.69, 9.17) is 22.7 Å². The van der Waals surface area contributed by atoms with Gasteiger partial charge >= 0.3 is 0 Å². The number of hydrogen-bond acceptors (Lipinski definition) is 3. The molecule has 5 nitrogen and oxygen atoms in total. The van der Waals surface area contributed by atoms with Gasteiger partial charge in [-0.2, -0.15) is 0 Å². The monoisotopic (exact) mass is 326 g/mol. The summed E-state index contributed by atoms with van der Waals surface area (Å²) in [6, 6.07) is 14.4. The van der Waals surface area contributed by atoms with E-state index in [0.29, 0.717) is 22.1 Å². The Morgan fingerprint density at radius 3 is 2.48 bits per heavy atom. The van der Waals surface area contributed by atoms with Gasteiger partial charge in [0.1, 0.15) is 5.84 Å². The first-order chi connectivity index (χ1) is 11.0. The summed E-state index contributed by atoms with van der Waals surface area (Å²) in [5.74, 6) is -0.323. The third-order valence-corrected chi connectivity index (χ3v) is 3.98. The summed E-state index contributed by atoms with van der Waals surface area (Å²) >= 11 is 6.14. The van der Waals surface area contributed by atoms with E-state index in [1.807, 2.05) is 30.3 Å². The second-order valence-corrected chi connectivity index (χ2v) is 5.53. The highest BCUT2D eigenvalue weighted by molar-refractivity contribution is 6.34. The average molecular weight is 327 g/mol. The molecule has 0 fully saturated rings. The van der Waals surface area contributed by atoms with Crippen LogP contribution in [0.1, 0.15) is 0 Å². The topological polar surface area (TPSA) is 73.4 Å². The van der Waals surface area contributed by atoms with Crippen LogP contribution in [0.25, 0.3) is 0 Å². The van der Waals surface area contributed by atoms with Crippen LogP contribution in [0.5, 0.6) is 0 Å². The van der Waals surface area contributed by atoms with Crippen LogP contribution >= 0.6 is 11.6 Å². The van der Waals surface area contributed by atoms with Crippen molar-refractivity contribution < 1.29 is 4.79 Å². The number of nitrogens with two attached hydrogens (primary N) is 1. The molecule has 3 N–H and O–H groups in total. The SMILES string of the molecule is CN1C(=N)/C(=C\N)C(=O)N(c2ccccc2)c2cc(Cl)ccc21. The van der Waals surface area contributed by atoms with Gasteiger partial charge < -0.3 is 10.6 Å². The van der Waals surface area contributed by atoms with E-state index < -0.39 is 0 Å². The molecule has 0 bridgehead atoms. The lowest BCUT2D eigenvalue weighted by atomic mass is 10.2. The molecular weight excluding hydrogens is 312 g/mol. The highest BCUT2D eigenvalue weighted by atomic mass is 35.5. The van der Waals surface area contributed by atoms with Gasteiger partial charge in [-0.05, 0) is 30.3 Å². The highest BCUT2D eigenvalue weighted by Gasteiger charge is 2.33. The summed E-state index contributed by atoms with van der Waals surface area (Å²) in [6.07, 6.45) is 1.17. The molecule has 0 spiro atoms. The van der Waals surface area contributed by atoms with Crippen molar-refractivity contribution in [3.63, 3.8) is 0 Å². The molecule has 1 amide bonds. The van der Waals surface area contributed by atoms with E-state index in [0.717, 1.165) is 0 Å². The summed E-state index contributed by atoms with van der Waals surface area (Å²) in [5, 5.41) is 8.77. The fourth-order valence-electron chi connectivity index (χ4n) is 2.58. The summed E-state index contributed by atoms with van der Waals surface area (Å²) < 4.78 is 0. The minimum absolute atomic E-state index is 0.0412. The van der Waals surface area contributed by atoms with Crippen molar-refractivity contribution in [2.75, 3.05) is 16.8 Å². The molecule has 0 aromatic heterocycles. The van der Waals surface area contributed by atoms with Crippen molar-refractivity contribution in [3.8, 4) is 0 Å². The molecule has 3 rings (SSSR count). The first kappa shape index (κ1) is 15.1. The van der Waals surface area contributed by atoms with Gasteiger partial charge in [-0.25, -0.2) is 0 Å². The quantitative estimate of drug-likeness (QED) is 0.790. The number of carbonyl (C=O) groups excluding carboxylic acids is 1. The number of fused-ring (bicyclic) bond motifs is 1. The minimum Gasteiger partial charge on any atom is -0.404 e. The van der Waals surface area contributed by atoms with Crippen molar-refractivity contribution in [1.29, 1.82) is 5.41 Å². The number of para-hydroxylation sites is 1. The lowest BCUT2D eigenvalue weighted by Crippen LogP contribution is -2.32. The van der Waals surface area contributed by atoms with E-state index in [1.54, 1.807) is 30.1 Å². The number of carbonyl (C=O) groups is 1. The maximum Gasteiger partial charge on any atom is 0.268 e. The lowest BCUT2D eigenvalue weighted by Gasteiger charge is -2.24. The first-order valence-corrected chi connectivity index (χ1v) is 7.36. The number of amides is 1. The molecule has 0 saturated heterocycles. The molecule has 2 aromatic carbocycles. The van der Waals surface area contributed by atoms with Crippen LogP contribution in [-0.2, 0) is 4.79 Å². The average Bonchev–Trinajstić information content (AvgIpc) is 2.62. The molecule has 0 atom stereocenters. The van der Waals surface area contributed by atoms with Gasteiger partial charge in [0, 0.05) is 24.0 Å². The standard InChI is InChI=1S/C17H15ClN4O/c1-21-14-8-7-11(18)9-15(14)22(12-5-3-2-4-6-12)17(23)13(10-19)16(21)20/h2-10,20H,19H2,1H3/b13-10+,20-16?. The number of nitrogens with zero attached hydrogens (tertiary/aromatic N) is 2. The molecule has 2 aromatic rings. The largest absolute Gasteiger partial charge is 0.404 e. The van der Waals surface area contributed by atoms with Crippen LogP contribution in [0.2, 0.25) is 5.02 Å². The number of halogens is 1. The number of hydrogen-bond donors (Lipinski definition) is 2. The zero-order chi connectivity index (χ0) is 16.6. The van der Waals surface area contributed by atoms with Gasteiger partial charge in [0.05, 0.1) is 16.9 Å². The molecule has 0 aliphatic carbocycles. The number of likely N-dealkylation sites (N-methyl/N-ethyl adjacent to an activating group) is 1. The first-order valence-electron chi connectivity index (χ1n) is 6.98. The van der Waals surface area contributed by atoms with E-state index in [1.165, 1.54) is 11.1 Å². The van der Waals surface area contributed by atoms with Gasteiger partial charge in [0.2, 0.25) is 0 Å². The van der Waals surface area contributed by atoms with Gasteiger partial charge in [-0.15, -0.1) is 0 Å². The third kappa shape index (κ3) is 2.45. The lowest BCUT2D eigenvalue weighted by molar-refractivity contribution is -0.114. The number of benzene rings is 2. The predicted molar refractivity (Wildman–Crippen MR) is 93.4 cm³/mol. The molecule has 6 heteroatoms. The Hall–Kier alpha value is -2.79. The molecule has 23 heavy (non-hydrogen) atoms. The van der Waals surface area contributed by atoms with E-state index in [-0.39, 0.29) is 17.3 Å². The van der Waals surface area contributed by atoms with Gasteiger partial charge in [0.25, 0.3) is 5.91 Å². The van der Waals surface area contributed by atoms with E-state index in [2.05, 4.69) is 0 Å². The third-order valence-electron chi connectivity index (χ3n) is 3.74. The molecule has 116 valence electrons. The van der Waals surface area contributed by atoms with Crippen molar-refractivity contribution in [3.05, 3.63) is 65.3 Å². The number of nitrogens with one attached hydrogen (secondary N) is 1. The summed E-state index contributed by atoms with van der Waals surface area (Å²) in [4.78, 5) is 16.1. The summed E-state index contributed by atoms with van der Waals surface area (Å²) in [7, 11) is 1.72. The van der Waals surface area contributed by atoms with Crippen LogP contribution in [-0.4, -0.2) is 18.8 Å². The van der Waals surface area contributed by atoms with Crippen LogP contribution in [0.15, 0.2) is 60.3 Å². The predicted octanol–water partition coefficient (Wildman–Crippen LogP) is 3.27. The van der Waals surface area contributed by atoms with Crippen molar-refractivity contribution >= 4 is 40.4 Å². The van der Waals surface area contributed by atoms with Crippen LogP contribution in [0, 0.1) is 5.41 Å². The number of amidine groups is 1. The van der Waals surface area contributed by atoms with Crippen LogP contribution in [0.4, 0.5) is 17.1 Å². The van der Waals surface area contributed by atoms with Crippen LogP contribution in [0.3, 0.4) is 0 Å². The van der Waals surface area contributed by atoms with Gasteiger partial charge in [0.15, 0.2) is 0 Å². The van der Waals surface area contributed by atoms with Gasteiger partial charge in [-0.1, -0.05) is 29.8 Å². The van der Waals surface area contributed by atoms with E-state index in [9.17, 15) is 4.79 Å². The smallest absolute Gasteiger partial charge is 0.268 e. The zero-order valence-electron chi connectivity index (χ0n) is 12.5. The maximum atomic E-state index is 13.0. The zero-order valence-corrected chi connectivity index (χ0v) is 13.2. The Kier molecular flexibility index (Phi) is 3.80. The normalized spacial score (nSPS) is 16.5. The summed E-state index contributed by atoms with van der Waals surface area (Å²) in [6.45, 7) is 0. The summed E-state index contributed by atoms with van der Waals surface area (Å²) in [5.41, 5.74) is 7.74. The van der Waals surface area contributed by atoms with Crippen LogP contribution < -0.4 is 15.5 Å². The Morgan fingerprint density at radius 1 is 1.13 bits per heavy atom. The highest BCUT2D eigenvalue weighted by Crippen LogP contribution is 2.39. The minimum atomic E-state index is -0.364. The Balaban J connectivity index is 2.31. The maximum absolute atomic E-state index is 13.0. The Morgan fingerprint density at radius 2 is 1.83 bits per heavy atom. The molecule has 1 aliphatic heterocycles. The van der Waals surface area contributed by atoms with E-state index >= 15 is 0 Å². The number of rotatable bonds is 1. The Bertz CT molecular complexity index is 817.